The molecule has 8 nitrogen and oxygen atoms in total. The third-order valence-corrected chi connectivity index (χ3v) is 15.6. The van der Waals surface area contributed by atoms with Crippen LogP contribution in [-0.2, 0) is 18.4 Å². The number of hydrogen-bond acceptors (Lipinski definition) is 5. The van der Waals surface area contributed by atoms with Crippen molar-refractivity contribution >= 4 is 13.7 Å². The Morgan fingerprint density at radius 3 is 1.10 bits per heavy atom. The Bertz CT molecular complexity index is 1280. The Labute approximate surface area is 455 Å². The van der Waals surface area contributed by atoms with Crippen molar-refractivity contribution in [2.45, 2.75) is 328 Å². The van der Waals surface area contributed by atoms with Crippen LogP contribution in [0.1, 0.15) is 316 Å². The van der Waals surface area contributed by atoms with Gasteiger partial charge in [0.15, 0.2) is 0 Å². The van der Waals surface area contributed by atoms with Gasteiger partial charge in [0, 0.05) is 6.42 Å². The number of unbranched alkanes of at least 4 members (excludes halogenated alkanes) is 42. The Balaban J connectivity index is 4.00. The lowest BCUT2D eigenvalue weighted by molar-refractivity contribution is -0.870. The van der Waals surface area contributed by atoms with Crippen LogP contribution < -0.4 is 5.32 Å². The standard InChI is InChI=1S/C64H125N2O6P/c1-6-8-10-12-14-16-18-20-22-24-25-26-27-28-29-30-31-32-33-34-35-36-37-38-39-40-41-42-44-46-48-50-52-54-56-58-64(68)65-62(61-72-73(69,70)71-60-59-66(3,4)5)63(67)57-55-53-51-49-47-45-43-23-21-19-17-15-13-11-9-7-2/h30-31,47,49,55,57,62-63,67H,6-29,32-46,48,50-54,56,58-61H2,1-5H3,(H-,65,68,69,70)/p+1/b31-30-,49-47+,57-55+. The van der Waals surface area contributed by atoms with Gasteiger partial charge < -0.3 is 19.8 Å². The molecule has 0 saturated heterocycles. The van der Waals surface area contributed by atoms with Gasteiger partial charge in [0.2, 0.25) is 5.91 Å². The predicted octanol–water partition coefficient (Wildman–Crippen LogP) is 19.7. The highest BCUT2D eigenvalue weighted by atomic mass is 31.2. The second-order valence-corrected chi connectivity index (χ2v) is 24.6. The van der Waals surface area contributed by atoms with E-state index in [0.29, 0.717) is 17.4 Å². The summed E-state index contributed by atoms with van der Waals surface area (Å²) in [7, 11) is 1.57. The lowest BCUT2D eigenvalue weighted by Crippen LogP contribution is -2.45. The number of nitrogens with one attached hydrogen (secondary N) is 1. The number of hydrogen-bond donors (Lipinski definition) is 3. The van der Waals surface area contributed by atoms with E-state index >= 15 is 0 Å². The number of carbonyl (C=O) groups excluding carboxylic acids is 1. The van der Waals surface area contributed by atoms with Crippen molar-refractivity contribution in [2.24, 2.45) is 0 Å². The van der Waals surface area contributed by atoms with Crippen molar-refractivity contribution in [3.63, 3.8) is 0 Å². The fraction of sp³-hybridized carbons (Fsp3) is 0.891. The molecule has 0 saturated carbocycles. The van der Waals surface area contributed by atoms with E-state index in [-0.39, 0.29) is 19.1 Å². The summed E-state index contributed by atoms with van der Waals surface area (Å²) in [5, 5.41) is 13.9. The Kier molecular flexibility index (Phi) is 54.5. The van der Waals surface area contributed by atoms with Crippen LogP contribution in [0, 0.1) is 0 Å². The van der Waals surface area contributed by atoms with Crippen LogP contribution in [0.2, 0.25) is 0 Å². The summed E-state index contributed by atoms with van der Waals surface area (Å²) >= 11 is 0. The molecule has 0 aromatic carbocycles. The molecule has 0 aromatic heterocycles. The molecule has 0 aromatic rings. The summed E-state index contributed by atoms with van der Waals surface area (Å²) in [4.78, 5) is 23.3. The van der Waals surface area contributed by atoms with Gasteiger partial charge in [-0.25, -0.2) is 4.57 Å². The third-order valence-electron chi connectivity index (χ3n) is 14.6. The van der Waals surface area contributed by atoms with Gasteiger partial charge >= 0.3 is 7.82 Å². The van der Waals surface area contributed by atoms with E-state index < -0.39 is 20.0 Å². The molecule has 0 fully saturated rings. The van der Waals surface area contributed by atoms with Gasteiger partial charge in [0.05, 0.1) is 39.9 Å². The molecule has 3 unspecified atom stereocenters. The van der Waals surface area contributed by atoms with Crippen LogP contribution in [0.25, 0.3) is 0 Å². The topological polar surface area (TPSA) is 105 Å². The zero-order valence-corrected chi connectivity index (χ0v) is 50.3. The number of aliphatic hydroxyl groups excluding tert-OH is 1. The first-order chi connectivity index (χ1) is 35.5. The normalized spacial score (nSPS) is 14.0. The molecule has 9 heteroatoms. The molecule has 0 bridgehead atoms. The molecule has 0 rings (SSSR count). The van der Waals surface area contributed by atoms with Crippen molar-refractivity contribution in [3.8, 4) is 0 Å². The molecule has 0 heterocycles. The fourth-order valence-electron chi connectivity index (χ4n) is 9.59. The maximum atomic E-state index is 13.0. The van der Waals surface area contributed by atoms with E-state index in [1.54, 1.807) is 6.08 Å². The molecule has 73 heavy (non-hydrogen) atoms. The molecule has 0 radical (unpaired) electrons. The second kappa shape index (κ2) is 55.5. The number of amides is 1. The number of aliphatic hydroxyl groups is 1. The van der Waals surface area contributed by atoms with Crippen LogP contribution in [0.3, 0.4) is 0 Å². The average molecular weight is 1050 g/mol. The van der Waals surface area contributed by atoms with Crippen LogP contribution in [0.15, 0.2) is 36.5 Å². The van der Waals surface area contributed by atoms with E-state index in [2.05, 4.69) is 43.5 Å². The van der Waals surface area contributed by atoms with Crippen LogP contribution in [0.4, 0.5) is 0 Å². The van der Waals surface area contributed by atoms with Gasteiger partial charge in [-0.1, -0.05) is 288 Å². The lowest BCUT2D eigenvalue weighted by Gasteiger charge is -2.25. The molecule has 0 aliphatic carbocycles. The zero-order valence-electron chi connectivity index (χ0n) is 49.4. The molecular weight excluding hydrogens is 924 g/mol. The number of nitrogens with zero attached hydrogens (tertiary/aromatic N) is 1. The molecule has 0 aliphatic rings. The van der Waals surface area contributed by atoms with E-state index in [9.17, 15) is 19.4 Å². The number of carbonyl (C=O) groups is 1. The molecule has 1 amide bonds. The maximum absolute atomic E-state index is 13.0. The van der Waals surface area contributed by atoms with Crippen molar-refractivity contribution in [1.29, 1.82) is 0 Å². The number of phosphoric ester groups is 1. The van der Waals surface area contributed by atoms with Gasteiger partial charge in [-0.05, 0) is 57.8 Å². The van der Waals surface area contributed by atoms with Gasteiger partial charge in [0.1, 0.15) is 13.2 Å². The number of phosphoric acid groups is 1. The second-order valence-electron chi connectivity index (χ2n) is 23.1. The lowest BCUT2D eigenvalue weighted by atomic mass is 10.0. The largest absolute Gasteiger partial charge is 0.472 e. The van der Waals surface area contributed by atoms with Crippen LogP contribution in [-0.4, -0.2) is 73.4 Å². The summed E-state index contributed by atoms with van der Waals surface area (Å²) < 4.78 is 23.7. The average Bonchev–Trinajstić information content (AvgIpc) is 3.35. The van der Waals surface area contributed by atoms with Crippen molar-refractivity contribution in [1.82, 2.24) is 5.32 Å². The Morgan fingerprint density at radius 1 is 0.452 bits per heavy atom. The molecule has 3 atom stereocenters. The van der Waals surface area contributed by atoms with Gasteiger partial charge in [0.25, 0.3) is 0 Å². The first kappa shape index (κ1) is 71.7. The SMILES string of the molecule is CCCCCCCCCCCC/C=C/CC/C=C/C(O)C(COP(=O)(O)OCC[N+](C)(C)C)NC(=O)CCCCCCCCCCCCCCCCCCC/C=C\CCCCCCCCCCCCCCCC. The van der Waals surface area contributed by atoms with Gasteiger partial charge in [-0.2, -0.15) is 0 Å². The summed E-state index contributed by atoms with van der Waals surface area (Å²) in [5.74, 6) is -0.182. The number of rotatable bonds is 59. The Hall–Kier alpha value is -1.28. The molecule has 432 valence electrons. The monoisotopic (exact) mass is 1050 g/mol. The van der Waals surface area contributed by atoms with Gasteiger partial charge in [-0.3, -0.25) is 13.8 Å². The van der Waals surface area contributed by atoms with Crippen LogP contribution in [0.5, 0.6) is 0 Å². The number of quaternary nitrogens is 1. The minimum absolute atomic E-state index is 0.0575. The molecular formula is C64H126N2O6P+. The predicted molar refractivity (Wildman–Crippen MR) is 318 cm³/mol. The quantitative estimate of drug-likeness (QED) is 0.0243. The number of allylic oxidation sites excluding steroid dienone is 5. The highest BCUT2D eigenvalue weighted by Crippen LogP contribution is 2.43. The first-order valence-electron chi connectivity index (χ1n) is 31.9. The number of likely N-dealkylation sites (N-methyl/N-ethyl adjacent to an activating group) is 1. The smallest absolute Gasteiger partial charge is 0.387 e. The summed E-state index contributed by atoms with van der Waals surface area (Å²) in [6.45, 7) is 4.83. The van der Waals surface area contributed by atoms with E-state index in [1.807, 2.05) is 27.2 Å². The minimum Gasteiger partial charge on any atom is -0.387 e. The summed E-state index contributed by atoms with van der Waals surface area (Å²) in [6, 6.07) is -0.862. The first-order valence-corrected chi connectivity index (χ1v) is 33.4. The molecule has 3 N–H and O–H groups in total. The third kappa shape index (κ3) is 58.2. The van der Waals surface area contributed by atoms with E-state index in [0.717, 1.165) is 38.5 Å². The Morgan fingerprint density at radius 2 is 0.753 bits per heavy atom. The summed E-state index contributed by atoms with van der Waals surface area (Å²) in [5.41, 5.74) is 0. The minimum atomic E-state index is -4.35. The van der Waals surface area contributed by atoms with Crippen molar-refractivity contribution in [2.75, 3.05) is 40.9 Å². The van der Waals surface area contributed by atoms with Crippen LogP contribution >= 0.6 is 7.82 Å². The van der Waals surface area contributed by atoms with E-state index in [1.165, 1.54) is 257 Å². The molecule has 0 spiro atoms. The highest BCUT2D eigenvalue weighted by molar-refractivity contribution is 7.47. The van der Waals surface area contributed by atoms with E-state index in [4.69, 9.17) is 9.05 Å². The maximum Gasteiger partial charge on any atom is 0.472 e. The molecule has 0 aliphatic heterocycles. The van der Waals surface area contributed by atoms with Crippen molar-refractivity contribution in [3.05, 3.63) is 36.5 Å². The van der Waals surface area contributed by atoms with Gasteiger partial charge in [-0.15, -0.1) is 0 Å². The fourth-order valence-corrected chi connectivity index (χ4v) is 10.3. The highest BCUT2D eigenvalue weighted by Gasteiger charge is 2.27. The zero-order chi connectivity index (χ0) is 53.5. The summed E-state index contributed by atoms with van der Waals surface area (Å²) in [6.07, 6.45) is 72.9. The van der Waals surface area contributed by atoms with Crippen molar-refractivity contribution < 1.29 is 32.9 Å².